The fraction of sp³-hybridized carbons (Fsp3) is 0.381. The highest BCUT2D eigenvalue weighted by Crippen LogP contribution is 2.30. The number of primary amides is 1. The van der Waals surface area contributed by atoms with Crippen LogP contribution < -0.4 is 5.73 Å². The highest BCUT2D eigenvalue weighted by molar-refractivity contribution is 6.05. The molecule has 5 nitrogen and oxygen atoms in total. The van der Waals surface area contributed by atoms with Crippen LogP contribution in [0.4, 0.5) is 13.2 Å². The van der Waals surface area contributed by atoms with Gasteiger partial charge in [-0.15, -0.1) is 0 Å². The van der Waals surface area contributed by atoms with Crippen LogP contribution in [0.3, 0.4) is 0 Å². The molecular weight excluding hydrogens is 385 g/mol. The molecule has 0 aromatic carbocycles. The topological polar surface area (TPSA) is 85.7 Å². The van der Waals surface area contributed by atoms with Gasteiger partial charge in [0.2, 0.25) is 5.91 Å². The lowest BCUT2D eigenvalue weighted by Crippen LogP contribution is -2.19. The third kappa shape index (κ3) is 10.3. The van der Waals surface area contributed by atoms with Crippen LogP contribution in [0, 0.1) is 0 Å². The Labute approximate surface area is 169 Å². The van der Waals surface area contributed by atoms with E-state index in [4.69, 9.17) is 4.42 Å². The van der Waals surface area contributed by atoms with E-state index in [1.54, 1.807) is 32.9 Å². The Hall–Kier alpha value is -2.90. The van der Waals surface area contributed by atoms with Crippen molar-refractivity contribution in [2.75, 3.05) is 0 Å². The lowest BCUT2D eigenvalue weighted by atomic mass is 10.0. The number of hydrogen-bond donors (Lipinski definition) is 1. The number of furan rings is 1. The normalized spacial score (nSPS) is 13.2. The molecule has 0 unspecified atom stereocenters. The summed E-state index contributed by atoms with van der Waals surface area (Å²) in [5.74, 6) is -0.639. The molecule has 0 saturated heterocycles. The van der Waals surface area contributed by atoms with E-state index in [1.165, 1.54) is 32.4 Å². The van der Waals surface area contributed by atoms with Gasteiger partial charge in [-0.2, -0.15) is 13.2 Å². The molecule has 1 amide bonds. The largest absolute Gasteiger partial charge is 0.472 e. The lowest BCUT2D eigenvalue weighted by Gasteiger charge is -2.13. The van der Waals surface area contributed by atoms with E-state index < -0.39 is 17.5 Å². The Bertz CT molecular complexity index is 785. The second-order valence-electron chi connectivity index (χ2n) is 5.56. The number of alkyl halides is 3. The summed E-state index contributed by atoms with van der Waals surface area (Å²) in [5.41, 5.74) is 4.34. The van der Waals surface area contributed by atoms with Crippen LogP contribution in [0.5, 0.6) is 0 Å². The number of allylic oxidation sites excluding steroid dienone is 6. The van der Waals surface area contributed by atoms with Gasteiger partial charge in [0, 0.05) is 18.9 Å². The van der Waals surface area contributed by atoms with Gasteiger partial charge in [0.05, 0.1) is 23.8 Å². The Morgan fingerprint density at radius 1 is 1.21 bits per heavy atom. The van der Waals surface area contributed by atoms with Crippen molar-refractivity contribution >= 4 is 23.0 Å². The SMILES string of the molecule is C.CCC(N)=O.C\C=C(/N=C(C)/C(=C\C(=C/C)c1ccoc1)C(F)(F)F)C(C)=O. The number of ketones is 1. The first-order chi connectivity index (χ1) is 13.0. The lowest BCUT2D eigenvalue weighted by molar-refractivity contribution is -0.117. The van der Waals surface area contributed by atoms with Gasteiger partial charge in [-0.25, -0.2) is 4.99 Å². The van der Waals surface area contributed by atoms with E-state index in [-0.39, 0.29) is 24.7 Å². The van der Waals surface area contributed by atoms with E-state index in [0.29, 0.717) is 17.6 Å². The first-order valence-electron chi connectivity index (χ1n) is 8.46. The molecular formula is C21H29F3N2O3. The van der Waals surface area contributed by atoms with Crippen molar-refractivity contribution in [2.24, 2.45) is 10.7 Å². The summed E-state index contributed by atoms with van der Waals surface area (Å²) in [6.07, 6.45) is 2.52. The molecule has 1 heterocycles. The summed E-state index contributed by atoms with van der Waals surface area (Å²) in [6, 6.07) is 1.57. The fourth-order valence-electron chi connectivity index (χ4n) is 1.90. The van der Waals surface area contributed by atoms with Crippen molar-refractivity contribution in [1.29, 1.82) is 0 Å². The number of carbonyl (C=O) groups is 2. The smallest absolute Gasteiger partial charge is 0.418 e. The Kier molecular flexibility index (Phi) is 13.0. The average Bonchev–Trinajstić information content (AvgIpc) is 3.13. The number of nitrogens with two attached hydrogens (primary N) is 1. The molecule has 0 bridgehead atoms. The summed E-state index contributed by atoms with van der Waals surface area (Å²) in [5, 5.41) is 0. The van der Waals surface area contributed by atoms with Gasteiger partial charge in [-0.05, 0) is 38.5 Å². The first-order valence-corrected chi connectivity index (χ1v) is 8.46. The van der Waals surface area contributed by atoms with E-state index in [9.17, 15) is 22.8 Å². The van der Waals surface area contributed by atoms with Crippen LogP contribution in [0.15, 0.2) is 57.5 Å². The van der Waals surface area contributed by atoms with Crippen LogP contribution in [-0.4, -0.2) is 23.6 Å². The van der Waals surface area contributed by atoms with Crippen LogP contribution >= 0.6 is 0 Å². The molecule has 1 rings (SSSR count). The number of aliphatic imine (C=N–C) groups is 1. The van der Waals surface area contributed by atoms with Gasteiger partial charge in [0.25, 0.3) is 0 Å². The molecule has 0 spiro atoms. The van der Waals surface area contributed by atoms with Crippen LogP contribution in [0.1, 0.15) is 54.0 Å². The zero-order valence-electron chi connectivity index (χ0n) is 16.6. The van der Waals surface area contributed by atoms with E-state index >= 15 is 0 Å². The minimum Gasteiger partial charge on any atom is -0.472 e. The van der Waals surface area contributed by atoms with Gasteiger partial charge >= 0.3 is 6.18 Å². The molecule has 0 atom stereocenters. The number of nitrogens with zero attached hydrogens (tertiary/aromatic N) is 1. The molecule has 0 radical (unpaired) electrons. The summed E-state index contributed by atoms with van der Waals surface area (Å²) >= 11 is 0. The minimum absolute atomic E-state index is 0. The Morgan fingerprint density at radius 2 is 1.76 bits per heavy atom. The van der Waals surface area contributed by atoms with E-state index in [0.717, 1.165) is 6.08 Å². The first kappa shape index (κ1) is 28.3. The van der Waals surface area contributed by atoms with Gasteiger partial charge in [-0.1, -0.05) is 26.5 Å². The Balaban J connectivity index is 0. The van der Waals surface area contributed by atoms with E-state index in [2.05, 4.69) is 10.7 Å². The summed E-state index contributed by atoms with van der Waals surface area (Å²) in [6.45, 7) is 7.39. The maximum atomic E-state index is 13.4. The maximum absolute atomic E-state index is 13.4. The minimum atomic E-state index is -4.60. The molecule has 162 valence electrons. The molecule has 0 aliphatic heterocycles. The van der Waals surface area contributed by atoms with Gasteiger partial charge in [0.15, 0.2) is 5.78 Å². The van der Waals surface area contributed by atoms with Gasteiger partial charge in [0.1, 0.15) is 5.70 Å². The second kappa shape index (κ2) is 13.3. The number of rotatable bonds is 6. The van der Waals surface area contributed by atoms with Crippen molar-refractivity contribution in [2.45, 2.75) is 54.6 Å². The number of amides is 1. The number of halogens is 3. The number of Topliss-reactive ketones (excluding diaryl/α,β-unsaturated/α-hetero) is 1. The zero-order chi connectivity index (χ0) is 21.9. The summed E-state index contributed by atoms with van der Waals surface area (Å²) in [7, 11) is 0. The van der Waals surface area contributed by atoms with Crippen LogP contribution in [-0.2, 0) is 9.59 Å². The highest BCUT2D eigenvalue weighted by atomic mass is 19.4. The molecule has 0 aliphatic carbocycles. The van der Waals surface area contributed by atoms with Gasteiger partial charge < -0.3 is 10.2 Å². The molecule has 0 saturated carbocycles. The zero-order valence-corrected chi connectivity index (χ0v) is 16.6. The van der Waals surface area contributed by atoms with E-state index in [1.807, 2.05) is 0 Å². The highest BCUT2D eigenvalue weighted by Gasteiger charge is 2.35. The van der Waals surface area contributed by atoms with Crippen molar-refractivity contribution in [1.82, 2.24) is 0 Å². The number of hydrogen-bond acceptors (Lipinski definition) is 4. The predicted octanol–water partition coefficient (Wildman–Crippen LogP) is 5.64. The standard InChI is InChI=1S/C17H18F3NO2.C3H7NO.CH4/c1-5-13(14-7-8-23-10-14)9-15(17(18,19)20)11(3)21-16(6-2)12(4)22;1-2-3(4)5;/h5-10H,1-4H3;2H2,1H3,(H2,4,5);1H4/b13-5+,15-9+,16-6-,21-11+;;. The monoisotopic (exact) mass is 414 g/mol. The summed E-state index contributed by atoms with van der Waals surface area (Å²) < 4.78 is 45.0. The maximum Gasteiger partial charge on any atom is 0.418 e. The molecule has 2 N–H and O–H groups in total. The van der Waals surface area contributed by atoms with Crippen molar-refractivity contribution in [3.05, 3.63) is 53.7 Å². The Morgan fingerprint density at radius 3 is 2.07 bits per heavy atom. The van der Waals surface area contributed by atoms with Gasteiger partial charge in [-0.3, -0.25) is 9.59 Å². The molecule has 8 heteroatoms. The van der Waals surface area contributed by atoms with Crippen molar-refractivity contribution < 1.29 is 27.2 Å². The second-order valence-corrected chi connectivity index (χ2v) is 5.56. The predicted molar refractivity (Wildman–Crippen MR) is 110 cm³/mol. The molecule has 0 fully saturated rings. The molecule has 0 aliphatic rings. The average molecular weight is 414 g/mol. The van der Waals surface area contributed by atoms with Crippen molar-refractivity contribution in [3.8, 4) is 0 Å². The van der Waals surface area contributed by atoms with Crippen LogP contribution in [0.25, 0.3) is 5.57 Å². The third-order valence-corrected chi connectivity index (χ3v) is 3.43. The third-order valence-electron chi connectivity index (χ3n) is 3.43. The molecule has 29 heavy (non-hydrogen) atoms. The quantitative estimate of drug-likeness (QED) is 0.371. The summed E-state index contributed by atoms with van der Waals surface area (Å²) in [4.78, 5) is 24.8. The molecule has 1 aromatic heterocycles. The fourth-order valence-corrected chi connectivity index (χ4v) is 1.90. The van der Waals surface area contributed by atoms with Crippen LogP contribution in [0.2, 0.25) is 0 Å². The molecule has 1 aromatic rings. The number of carbonyl (C=O) groups excluding carboxylic acids is 2. The van der Waals surface area contributed by atoms with Crippen molar-refractivity contribution in [3.63, 3.8) is 0 Å².